The van der Waals surface area contributed by atoms with Crippen LogP contribution in [0.2, 0.25) is 0 Å². The largest absolute Gasteiger partial charge is 0.458 e. The molecule has 3 aromatic rings. The molecule has 0 saturated carbocycles. The molecule has 4 rings (SSSR count). The summed E-state index contributed by atoms with van der Waals surface area (Å²) in [7, 11) is 1.83. The van der Waals surface area contributed by atoms with Crippen molar-refractivity contribution in [1.29, 1.82) is 0 Å². The number of rotatable bonds is 5. The van der Waals surface area contributed by atoms with Gasteiger partial charge in [0, 0.05) is 24.2 Å². The number of carbonyl (C=O) groups is 2. The summed E-state index contributed by atoms with van der Waals surface area (Å²) in [6.07, 6.45) is 3.45. The maximum absolute atomic E-state index is 13.0. The molecule has 4 heterocycles. The van der Waals surface area contributed by atoms with Gasteiger partial charge in [-0.15, -0.1) is 11.3 Å². The highest BCUT2D eigenvalue weighted by Gasteiger charge is 2.37. The van der Waals surface area contributed by atoms with Crippen molar-refractivity contribution in [2.45, 2.75) is 52.8 Å². The molecule has 168 valence electrons. The zero-order valence-corrected chi connectivity index (χ0v) is 19.8. The van der Waals surface area contributed by atoms with Crippen LogP contribution in [0.5, 0.6) is 0 Å². The molecule has 1 N–H and O–H groups in total. The van der Waals surface area contributed by atoms with Gasteiger partial charge >= 0.3 is 5.97 Å². The third-order valence-electron chi connectivity index (χ3n) is 5.10. The molecule has 0 aromatic carbocycles. The number of nitrogens with zero attached hydrogens (tertiary/aromatic N) is 5. The molecule has 0 radical (unpaired) electrons. The standard InChI is InChI=1S/C22H26N6O3S/c1-12-10-23-21(25-17-7-8-24-27(17)6)26-18(12)15-9-14-16(32-15)11-28(19(14)29)13(2)20(30)31-22(3,4)5/h7-10,13H,11H2,1-6H3,(H,23,25,26)/t13-/m1/s1. The lowest BCUT2D eigenvalue weighted by Gasteiger charge is -2.27. The molecule has 1 atom stereocenters. The van der Waals surface area contributed by atoms with Crippen molar-refractivity contribution < 1.29 is 14.3 Å². The van der Waals surface area contributed by atoms with Crippen molar-refractivity contribution in [3.63, 3.8) is 0 Å². The van der Waals surface area contributed by atoms with Gasteiger partial charge in [-0.05, 0) is 46.2 Å². The lowest BCUT2D eigenvalue weighted by Crippen LogP contribution is -2.42. The Morgan fingerprint density at radius 1 is 1.34 bits per heavy atom. The lowest BCUT2D eigenvalue weighted by atomic mass is 10.2. The molecule has 0 saturated heterocycles. The van der Waals surface area contributed by atoms with E-state index in [-0.39, 0.29) is 5.91 Å². The SMILES string of the molecule is Cc1cnc(Nc2ccnn2C)nc1-c1cc2c(s1)CN([C@H](C)C(=O)OC(C)(C)C)C2=O. The molecule has 32 heavy (non-hydrogen) atoms. The van der Waals surface area contributed by atoms with Crippen molar-refractivity contribution in [2.75, 3.05) is 5.32 Å². The number of nitrogens with one attached hydrogen (secondary N) is 1. The van der Waals surface area contributed by atoms with Gasteiger partial charge in [0.25, 0.3) is 5.91 Å². The average molecular weight is 455 g/mol. The van der Waals surface area contributed by atoms with E-state index in [1.54, 1.807) is 28.9 Å². The molecule has 0 aliphatic carbocycles. The Labute approximate surface area is 190 Å². The topological polar surface area (TPSA) is 102 Å². The normalized spacial score (nSPS) is 14.4. The van der Waals surface area contributed by atoms with Crippen LogP contribution in [0.25, 0.3) is 10.6 Å². The van der Waals surface area contributed by atoms with E-state index in [0.717, 1.165) is 26.8 Å². The average Bonchev–Trinajstić information content (AvgIpc) is 3.38. The number of aromatic nitrogens is 4. The van der Waals surface area contributed by atoms with Crippen molar-refractivity contribution >= 4 is 35.0 Å². The van der Waals surface area contributed by atoms with E-state index >= 15 is 0 Å². The minimum absolute atomic E-state index is 0.166. The number of ether oxygens (including phenoxy) is 1. The Morgan fingerprint density at radius 2 is 2.09 bits per heavy atom. The fourth-order valence-corrected chi connectivity index (χ4v) is 4.62. The van der Waals surface area contributed by atoms with E-state index in [4.69, 9.17) is 4.74 Å². The molecular formula is C22H26N6O3S. The van der Waals surface area contributed by atoms with E-state index in [0.29, 0.717) is 18.1 Å². The molecule has 0 unspecified atom stereocenters. The summed E-state index contributed by atoms with van der Waals surface area (Å²) in [5.41, 5.74) is 1.69. The highest BCUT2D eigenvalue weighted by atomic mass is 32.1. The van der Waals surface area contributed by atoms with E-state index in [1.807, 2.05) is 46.9 Å². The Hall–Kier alpha value is -3.27. The van der Waals surface area contributed by atoms with Crippen LogP contribution in [-0.2, 0) is 23.1 Å². The Morgan fingerprint density at radius 3 is 2.72 bits per heavy atom. The fraction of sp³-hybridized carbons (Fsp3) is 0.409. The zero-order valence-electron chi connectivity index (χ0n) is 19.0. The maximum Gasteiger partial charge on any atom is 0.329 e. The summed E-state index contributed by atoms with van der Waals surface area (Å²) in [6.45, 7) is 9.46. The molecule has 0 fully saturated rings. The molecule has 9 nitrogen and oxygen atoms in total. The van der Waals surface area contributed by atoms with Gasteiger partial charge in [-0.1, -0.05) is 0 Å². The second kappa shape index (κ2) is 8.01. The van der Waals surface area contributed by atoms with Gasteiger partial charge in [0.1, 0.15) is 17.5 Å². The van der Waals surface area contributed by atoms with Crippen molar-refractivity contribution in [2.24, 2.45) is 7.05 Å². The molecule has 1 amide bonds. The number of amides is 1. The molecular weight excluding hydrogens is 428 g/mol. The zero-order chi connectivity index (χ0) is 23.2. The summed E-state index contributed by atoms with van der Waals surface area (Å²) in [4.78, 5) is 37.9. The third-order valence-corrected chi connectivity index (χ3v) is 6.22. The van der Waals surface area contributed by atoms with Gasteiger partial charge in [-0.2, -0.15) is 5.10 Å². The number of hydrogen-bond acceptors (Lipinski definition) is 8. The number of hydrogen-bond donors (Lipinski definition) is 1. The highest BCUT2D eigenvalue weighted by molar-refractivity contribution is 7.16. The predicted molar refractivity (Wildman–Crippen MR) is 122 cm³/mol. The van der Waals surface area contributed by atoms with E-state index in [1.165, 1.54) is 11.3 Å². The van der Waals surface area contributed by atoms with Crippen LogP contribution < -0.4 is 5.32 Å². The van der Waals surface area contributed by atoms with Crippen LogP contribution in [0, 0.1) is 6.92 Å². The summed E-state index contributed by atoms with van der Waals surface area (Å²) in [5.74, 6) is 0.657. The van der Waals surface area contributed by atoms with Gasteiger partial charge in [0.15, 0.2) is 0 Å². The number of carbonyl (C=O) groups excluding carboxylic acids is 2. The number of aryl methyl sites for hydroxylation is 2. The van der Waals surface area contributed by atoms with Gasteiger partial charge in [-0.25, -0.2) is 14.8 Å². The first-order valence-corrected chi connectivity index (χ1v) is 11.1. The summed E-state index contributed by atoms with van der Waals surface area (Å²) < 4.78 is 7.15. The molecule has 0 spiro atoms. The number of thiophene rings is 1. The molecule has 1 aliphatic rings. The summed E-state index contributed by atoms with van der Waals surface area (Å²) >= 11 is 1.51. The Bertz CT molecular complexity index is 1190. The quantitative estimate of drug-likeness (QED) is 0.587. The van der Waals surface area contributed by atoms with Crippen molar-refractivity contribution in [1.82, 2.24) is 24.6 Å². The predicted octanol–water partition coefficient (Wildman–Crippen LogP) is 3.68. The number of anilines is 2. The van der Waals surface area contributed by atoms with Gasteiger partial charge in [-0.3, -0.25) is 9.48 Å². The Kier molecular flexibility index (Phi) is 5.49. The molecule has 0 bridgehead atoms. The van der Waals surface area contributed by atoms with Crippen molar-refractivity contribution in [3.8, 4) is 10.6 Å². The second-order valence-electron chi connectivity index (χ2n) is 8.78. The minimum Gasteiger partial charge on any atom is -0.458 e. The van der Waals surface area contributed by atoms with E-state index < -0.39 is 17.6 Å². The van der Waals surface area contributed by atoms with Crippen molar-refractivity contribution in [3.05, 3.63) is 40.5 Å². The number of esters is 1. The third kappa shape index (κ3) is 4.22. The van der Waals surface area contributed by atoms with E-state index in [9.17, 15) is 9.59 Å². The maximum atomic E-state index is 13.0. The minimum atomic E-state index is -0.653. The highest BCUT2D eigenvalue weighted by Crippen LogP contribution is 2.38. The fourth-order valence-electron chi connectivity index (χ4n) is 3.42. The van der Waals surface area contributed by atoms with E-state index in [2.05, 4.69) is 20.4 Å². The Balaban J connectivity index is 1.55. The second-order valence-corrected chi connectivity index (χ2v) is 9.92. The smallest absolute Gasteiger partial charge is 0.329 e. The van der Waals surface area contributed by atoms with Gasteiger partial charge in [0.05, 0.1) is 28.9 Å². The summed E-state index contributed by atoms with van der Waals surface area (Å²) in [6, 6.07) is 3.04. The van der Waals surface area contributed by atoms with Crippen LogP contribution in [0.4, 0.5) is 11.8 Å². The van der Waals surface area contributed by atoms with Crippen LogP contribution >= 0.6 is 11.3 Å². The van der Waals surface area contributed by atoms with Crippen LogP contribution in [0.3, 0.4) is 0 Å². The molecule has 10 heteroatoms. The summed E-state index contributed by atoms with van der Waals surface area (Å²) in [5, 5.41) is 7.29. The van der Waals surface area contributed by atoms with Gasteiger partial charge < -0.3 is 15.0 Å². The van der Waals surface area contributed by atoms with Crippen LogP contribution in [-0.4, -0.2) is 48.2 Å². The molecule has 3 aromatic heterocycles. The molecule has 1 aliphatic heterocycles. The lowest BCUT2D eigenvalue weighted by molar-refractivity contribution is -0.159. The first kappa shape index (κ1) is 21.9. The van der Waals surface area contributed by atoms with Gasteiger partial charge in [0.2, 0.25) is 5.95 Å². The monoisotopic (exact) mass is 454 g/mol. The first-order valence-electron chi connectivity index (χ1n) is 10.3. The van der Waals surface area contributed by atoms with Crippen LogP contribution in [0.15, 0.2) is 24.5 Å². The first-order chi connectivity index (χ1) is 15.0. The number of fused-ring (bicyclic) bond motifs is 1. The van der Waals surface area contributed by atoms with Crippen LogP contribution in [0.1, 0.15) is 48.5 Å².